The SMILES string of the molecule is CS(=O)(=O)NC(=O)c1cc(Cl)c(COC2C3CC4CC(C3)C2C4)cc1F. The zero-order chi connectivity index (χ0) is 18.6. The molecule has 4 fully saturated rings. The van der Waals surface area contributed by atoms with Gasteiger partial charge in [-0.05, 0) is 67.1 Å². The van der Waals surface area contributed by atoms with E-state index in [9.17, 15) is 17.6 Å². The van der Waals surface area contributed by atoms with Gasteiger partial charge in [-0.25, -0.2) is 17.5 Å². The van der Waals surface area contributed by atoms with Crippen LogP contribution in [0.15, 0.2) is 12.1 Å². The van der Waals surface area contributed by atoms with Crippen LogP contribution >= 0.6 is 11.6 Å². The predicted octanol–water partition coefficient (Wildman–Crippen LogP) is 3.12. The molecule has 0 aromatic heterocycles. The summed E-state index contributed by atoms with van der Waals surface area (Å²) in [6.07, 6.45) is 6.06. The third kappa shape index (κ3) is 3.37. The third-order valence-electron chi connectivity index (χ3n) is 6.07. The Morgan fingerprint density at radius 1 is 1.27 bits per heavy atom. The maximum atomic E-state index is 14.3. The predicted molar refractivity (Wildman–Crippen MR) is 94.7 cm³/mol. The molecular weight excluding hydrogens is 381 g/mol. The summed E-state index contributed by atoms with van der Waals surface area (Å²) in [7, 11) is -3.78. The fraction of sp³-hybridized carbons (Fsp3) is 0.611. The van der Waals surface area contributed by atoms with Crippen molar-refractivity contribution < 1.29 is 22.3 Å². The number of nitrogens with one attached hydrogen (secondary N) is 1. The Bertz CT molecular complexity index is 855. The summed E-state index contributed by atoms with van der Waals surface area (Å²) in [6, 6.07) is 2.31. The second-order valence-electron chi connectivity index (χ2n) is 7.90. The van der Waals surface area contributed by atoms with E-state index < -0.39 is 27.3 Å². The molecule has 142 valence electrons. The number of halogens is 2. The van der Waals surface area contributed by atoms with E-state index in [1.807, 2.05) is 0 Å². The maximum Gasteiger partial charge on any atom is 0.267 e. The zero-order valence-corrected chi connectivity index (χ0v) is 15.9. The standard InChI is InChI=1S/C18H21ClFNO4S/c1-26(23,24)21-18(22)14-7-15(19)12(6-16(14)20)8-25-17-11-3-9-2-10(5-11)13(17)4-9/h6-7,9-11,13,17H,2-5,8H2,1H3,(H,21,22). The van der Waals surface area contributed by atoms with Crippen molar-refractivity contribution in [3.8, 4) is 0 Å². The summed E-state index contributed by atoms with van der Waals surface area (Å²) < 4.78 is 44.4. The molecule has 4 aliphatic rings. The molecule has 5 atom stereocenters. The number of ether oxygens (including phenoxy) is 1. The van der Waals surface area contributed by atoms with Crippen LogP contribution in [-0.2, 0) is 21.4 Å². The van der Waals surface area contributed by atoms with E-state index in [0.717, 1.165) is 30.2 Å². The molecule has 0 spiro atoms. The first-order valence-electron chi connectivity index (χ1n) is 8.83. The van der Waals surface area contributed by atoms with Crippen LogP contribution < -0.4 is 4.72 Å². The highest BCUT2D eigenvalue weighted by Crippen LogP contribution is 2.59. The highest BCUT2D eigenvalue weighted by atomic mass is 35.5. The fourth-order valence-corrected chi connectivity index (χ4v) is 5.88. The van der Waals surface area contributed by atoms with Gasteiger partial charge in [0, 0.05) is 5.02 Å². The van der Waals surface area contributed by atoms with Crippen molar-refractivity contribution in [3.63, 3.8) is 0 Å². The highest BCUT2D eigenvalue weighted by Gasteiger charge is 2.54. The Morgan fingerprint density at radius 2 is 2.00 bits per heavy atom. The molecule has 0 saturated heterocycles. The summed E-state index contributed by atoms with van der Waals surface area (Å²) >= 11 is 6.18. The van der Waals surface area contributed by atoms with Crippen molar-refractivity contribution >= 4 is 27.5 Å². The van der Waals surface area contributed by atoms with Crippen LogP contribution in [0.2, 0.25) is 5.02 Å². The molecule has 8 heteroatoms. The van der Waals surface area contributed by atoms with E-state index in [1.54, 1.807) is 4.72 Å². The molecule has 4 bridgehead atoms. The van der Waals surface area contributed by atoms with Crippen LogP contribution in [0.25, 0.3) is 0 Å². The van der Waals surface area contributed by atoms with Gasteiger partial charge in [-0.3, -0.25) is 4.79 Å². The van der Waals surface area contributed by atoms with Crippen LogP contribution in [0.4, 0.5) is 4.39 Å². The Labute approximate surface area is 157 Å². The van der Waals surface area contributed by atoms with Gasteiger partial charge in [-0.15, -0.1) is 0 Å². The zero-order valence-electron chi connectivity index (χ0n) is 14.4. The van der Waals surface area contributed by atoms with Crippen molar-refractivity contribution in [1.29, 1.82) is 0 Å². The molecule has 0 heterocycles. The number of amides is 1. The topological polar surface area (TPSA) is 72.5 Å². The van der Waals surface area contributed by atoms with Gasteiger partial charge in [0.15, 0.2) is 0 Å². The first-order chi connectivity index (χ1) is 12.2. The molecule has 4 aliphatic carbocycles. The lowest BCUT2D eigenvalue weighted by Gasteiger charge is -2.32. The van der Waals surface area contributed by atoms with Gasteiger partial charge in [-0.2, -0.15) is 0 Å². The van der Waals surface area contributed by atoms with Crippen molar-refractivity contribution in [2.75, 3.05) is 6.26 Å². The molecule has 1 aromatic carbocycles. The van der Waals surface area contributed by atoms with E-state index in [0.29, 0.717) is 17.4 Å². The van der Waals surface area contributed by atoms with E-state index in [-0.39, 0.29) is 17.7 Å². The second kappa shape index (κ2) is 6.46. The molecule has 5 unspecified atom stereocenters. The molecule has 1 amide bonds. The number of rotatable bonds is 5. The summed E-state index contributed by atoms with van der Waals surface area (Å²) in [5, 5.41) is 0.192. The molecule has 5 rings (SSSR count). The van der Waals surface area contributed by atoms with Crippen LogP contribution in [0.1, 0.15) is 41.6 Å². The molecule has 0 radical (unpaired) electrons. The Hall–Kier alpha value is -1.18. The van der Waals surface area contributed by atoms with Crippen molar-refractivity contribution in [1.82, 2.24) is 4.72 Å². The molecule has 1 N–H and O–H groups in total. The molecule has 0 aliphatic heterocycles. The number of carbonyl (C=O) groups excluding carboxylic acids is 1. The fourth-order valence-electron chi connectivity index (χ4n) is 5.22. The minimum atomic E-state index is -3.78. The van der Waals surface area contributed by atoms with Crippen LogP contribution in [0.5, 0.6) is 0 Å². The highest BCUT2D eigenvalue weighted by molar-refractivity contribution is 7.89. The van der Waals surface area contributed by atoms with Gasteiger partial charge in [0.1, 0.15) is 5.82 Å². The lowest BCUT2D eigenvalue weighted by Crippen LogP contribution is -2.31. The molecule has 4 saturated carbocycles. The monoisotopic (exact) mass is 401 g/mol. The van der Waals surface area contributed by atoms with E-state index >= 15 is 0 Å². The lowest BCUT2D eigenvalue weighted by molar-refractivity contribution is -0.0324. The molecule has 5 nitrogen and oxygen atoms in total. The molecule has 26 heavy (non-hydrogen) atoms. The quantitative estimate of drug-likeness (QED) is 0.822. The summed E-state index contributed by atoms with van der Waals surface area (Å²) in [5.41, 5.74) is 0.0696. The van der Waals surface area contributed by atoms with Gasteiger partial charge in [-0.1, -0.05) is 11.6 Å². The Balaban J connectivity index is 1.46. The largest absolute Gasteiger partial charge is 0.373 e. The first-order valence-corrected chi connectivity index (χ1v) is 11.1. The summed E-state index contributed by atoms with van der Waals surface area (Å²) in [5.74, 6) is 0.992. The number of carbonyl (C=O) groups is 1. The first kappa shape index (κ1) is 18.2. The average Bonchev–Trinajstić information content (AvgIpc) is 2.94. The summed E-state index contributed by atoms with van der Waals surface area (Å²) in [6.45, 7) is 0.193. The lowest BCUT2D eigenvalue weighted by atomic mass is 9.80. The van der Waals surface area contributed by atoms with Gasteiger partial charge < -0.3 is 4.74 Å². The van der Waals surface area contributed by atoms with E-state index in [2.05, 4.69) is 0 Å². The number of benzene rings is 1. The number of sulfonamides is 1. The molecule has 1 aromatic rings. The second-order valence-corrected chi connectivity index (χ2v) is 10.1. The van der Waals surface area contributed by atoms with E-state index in [4.69, 9.17) is 16.3 Å². The average molecular weight is 402 g/mol. The Morgan fingerprint density at radius 3 is 2.69 bits per heavy atom. The van der Waals surface area contributed by atoms with Gasteiger partial charge >= 0.3 is 0 Å². The van der Waals surface area contributed by atoms with Gasteiger partial charge in [0.2, 0.25) is 10.0 Å². The van der Waals surface area contributed by atoms with Crippen LogP contribution in [-0.4, -0.2) is 26.7 Å². The van der Waals surface area contributed by atoms with Crippen LogP contribution in [0.3, 0.4) is 0 Å². The Kier molecular flexibility index (Phi) is 4.52. The number of hydrogen-bond acceptors (Lipinski definition) is 4. The normalized spacial score (nSPS) is 32.2. The third-order valence-corrected chi connectivity index (χ3v) is 6.97. The minimum absolute atomic E-state index is 0.192. The van der Waals surface area contributed by atoms with E-state index in [1.165, 1.54) is 25.7 Å². The number of hydrogen-bond donors (Lipinski definition) is 1. The van der Waals surface area contributed by atoms with Crippen LogP contribution in [0, 0.1) is 29.5 Å². The van der Waals surface area contributed by atoms with Gasteiger partial charge in [0.25, 0.3) is 5.91 Å². The van der Waals surface area contributed by atoms with Crippen molar-refractivity contribution in [3.05, 3.63) is 34.1 Å². The van der Waals surface area contributed by atoms with Crippen molar-refractivity contribution in [2.24, 2.45) is 23.7 Å². The molecular formula is C18H21ClFNO4S. The minimum Gasteiger partial charge on any atom is -0.373 e. The smallest absolute Gasteiger partial charge is 0.267 e. The van der Waals surface area contributed by atoms with Crippen molar-refractivity contribution in [2.45, 2.75) is 38.4 Å². The maximum absolute atomic E-state index is 14.3. The van der Waals surface area contributed by atoms with Gasteiger partial charge in [0.05, 0.1) is 24.5 Å². The summed E-state index contributed by atoms with van der Waals surface area (Å²) in [4.78, 5) is 11.9.